The quantitative estimate of drug-likeness (QED) is 0.557. The molecule has 0 aliphatic heterocycles. The van der Waals surface area contributed by atoms with Crippen LogP contribution in [0.5, 0.6) is 0 Å². The van der Waals surface area contributed by atoms with E-state index < -0.39 is 12.1 Å². The molecule has 2 amide bonds. The lowest BCUT2D eigenvalue weighted by molar-refractivity contribution is -0.146. The summed E-state index contributed by atoms with van der Waals surface area (Å²) in [6.07, 6.45) is 0.700. The topological polar surface area (TPSA) is 95.9 Å². The maximum absolute atomic E-state index is 12.5. The van der Waals surface area contributed by atoms with Gasteiger partial charge in [0.2, 0.25) is 5.91 Å². The molecule has 0 bridgehead atoms. The molecule has 2 N–H and O–H groups in total. The fourth-order valence-corrected chi connectivity index (χ4v) is 4.25. The maximum atomic E-state index is 12.5. The highest BCUT2D eigenvalue weighted by atomic mass is 16.5. The molecular weight excluding hydrogens is 420 g/mol. The summed E-state index contributed by atoms with van der Waals surface area (Å²) in [5.74, 6) is -1.28. The van der Waals surface area contributed by atoms with E-state index in [1.165, 1.54) is 16.0 Å². The average Bonchev–Trinajstić information content (AvgIpc) is 3.12. The first-order valence-corrected chi connectivity index (χ1v) is 11.4. The lowest BCUT2D eigenvalue weighted by Crippen LogP contribution is -2.42. The predicted molar refractivity (Wildman–Crippen MR) is 126 cm³/mol. The van der Waals surface area contributed by atoms with Crippen molar-refractivity contribution in [3.8, 4) is 11.1 Å². The molecule has 2 aromatic carbocycles. The minimum atomic E-state index is -1.03. The Morgan fingerprint density at radius 3 is 2.15 bits per heavy atom. The van der Waals surface area contributed by atoms with Gasteiger partial charge in [0.15, 0.2) is 0 Å². The number of nitrogens with one attached hydrogen (secondary N) is 1. The number of carboxylic acid groups (broad SMARTS) is 1. The smallest absolute Gasteiger partial charge is 0.407 e. The second-order valence-corrected chi connectivity index (χ2v) is 8.58. The first-order valence-electron chi connectivity index (χ1n) is 11.4. The van der Waals surface area contributed by atoms with E-state index in [4.69, 9.17) is 9.84 Å². The van der Waals surface area contributed by atoms with Gasteiger partial charge in [0.1, 0.15) is 13.2 Å². The van der Waals surface area contributed by atoms with Gasteiger partial charge >= 0.3 is 12.1 Å². The van der Waals surface area contributed by atoms with Crippen LogP contribution in [0.4, 0.5) is 4.79 Å². The highest BCUT2D eigenvalue weighted by Gasteiger charge is 2.29. The zero-order chi connectivity index (χ0) is 24.0. The minimum Gasteiger partial charge on any atom is -0.480 e. The third-order valence-corrected chi connectivity index (χ3v) is 6.25. The number of nitrogens with zero attached hydrogens (tertiary/aromatic N) is 1. The van der Waals surface area contributed by atoms with E-state index in [1.807, 2.05) is 38.1 Å². The van der Waals surface area contributed by atoms with Crippen molar-refractivity contribution in [3.05, 3.63) is 59.7 Å². The molecule has 2 aromatic rings. The summed E-state index contributed by atoms with van der Waals surface area (Å²) in [4.78, 5) is 37.4. The van der Waals surface area contributed by atoms with Gasteiger partial charge in [0, 0.05) is 24.4 Å². The zero-order valence-electron chi connectivity index (χ0n) is 19.4. The van der Waals surface area contributed by atoms with Crippen LogP contribution in [0.3, 0.4) is 0 Å². The molecule has 2 atom stereocenters. The van der Waals surface area contributed by atoms with Gasteiger partial charge in [-0.15, -0.1) is 0 Å². The second kappa shape index (κ2) is 11.0. The van der Waals surface area contributed by atoms with Gasteiger partial charge in [0.05, 0.1) is 0 Å². The predicted octanol–water partition coefficient (Wildman–Crippen LogP) is 4.41. The molecule has 33 heavy (non-hydrogen) atoms. The number of hydrogen-bond acceptors (Lipinski definition) is 4. The Morgan fingerprint density at radius 2 is 1.61 bits per heavy atom. The zero-order valence-corrected chi connectivity index (χ0v) is 19.4. The van der Waals surface area contributed by atoms with E-state index in [-0.39, 0.29) is 43.5 Å². The summed E-state index contributed by atoms with van der Waals surface area (Å²) in [5, 5.41) is 11.9. The van der Waals surface area contributed by atoms with Gasteiger partial charge in [-0.05, 0) is 48.9 Å². The Balaban J connectivity index is 1.51. The van der Waals surface area contributed by atoms with E-state index in [9.17, 15) is 14.4 Å². The Morgan fingerprint density at radius 1 is 1.03 bits per heavy atom. The third kappa shape index (κ3) is 5.92. The first kappa shape index (κ1) is 24.3. The molecule has 7 nitrogen and oxygen atoms in total. The molecule has 176 valence electrons. The number of alkyl carbamates (subject to hydrolysis) is 1. The molecule has 1 aliphatic rings. The molecular formula is C26H32N2O5. The molecule has 7 heteroatoms. The minimum absolute atomic E-state index is 0.0138. The second-order valence-electron chi connectivity index (χ2n) is 8.58. The van der Waals surface area contributed by atoms with Crippen LogP contribution in [-0.4, -0.2) is 53.2 Å². The first-order chi connectivity index (χ1) is 15.8. The van der Waals surface area contributed by atoms with Crippen LogP contribution in [0.1, 0.15) is 57.1 Å². The lowest BCUT2D eigenvalue weighted by Gasteiger charge is -2.27. The molecule has 0 spiro atoms. The van der Waals surface area contributed by atoms with Gasteiger partial charge in [-0.1, -0.05) is 55.5 Å². The summed E-state index contributed by atoms with van der Waals surface area (Å²) in [7, 11) is 0. The number of amides is 2. The van der Waals surface area contributed by atoms with Crippen LogP contribution in [0.25, 0.3) is 11.1 Å². The van der Waals surface area contributed by atoms with Gasteiger partial charge in [-0.25, -0.2) is 4.79 Å². The molecule has 0 saturated heterocycles. The summed E-state index contributed by atoms with van der Waals surface area (Å²) >= 11 is 0. The molecule has 0 aromatic heterocycles. The normalized spacial score (nSPS) is 14.0. The number of carbonyl (C=O) groups excluding carboxylic acids is 2. The molecule has 2 unspecified atom stereocenters. The summed E-state index contributed by atoms with van der Waals surface area (Å²) in [5.41, 5.74) is 4.63. The van der Waals surface area contributed by atoms with Crippen molar-refractivity contribution in [2.24, 2.45) is 0 Å². The molecule has 0 fully saturated rings. The van der Waals surface area contributed by atoms with Gasteiger partial charge in [-0.3, -0.25) is 9.59 Å². The van der Waals surface area contributed by atoms with E-state index in [0.29, 0.717) is 12.8 Å². The number of fused-ring (bicyclic) bond motifs is 3. The number of carbonyl (C=O) groups is 3. The Labute approximate surface area is 194 Å². The number of benzene rings is 2. The number of aliphatic carboxylic acids is 1. The van der Waals surface area contributed by atoms with Gasteiger partial charge < -0.3 is 20.1 Å². The van der Waals surface area contributed by atoms with E-state index in [2.05, 4.69) is 29.6 Å². The molecule has 0 heterocycles. The fourth-order valence-electron chi connectivity index (χ4n) is 4.25. The van der Waals surface area contributed by atoms with Crippen LogP contribution in [0, 0.1) is 0 Å². The largest absolute Gasteiger partial charge is 0.480 e. The third-order valence-electron chi connectivity index (χ3n) is 6.25. The van der Waals surface area contributed by atoms with E-state index >= 15 is 0 Å². The van der Waals surface area contributed by atoms with E-state index in [0.717, 1.165) is 11.1 Å². The monoisotopic (exact) mass is 452 g/mol. The molecule has 3 rings (SSSR count). The highest BCUT2D eigenvalue weighted by Crippen LogP contribution is 2.44. The van der Waals surface area contributed by atoms with Gasteiger partial charge in [0.25, 0.3) is 0 Å². The van der Waals surface area contributed by atoms with Crippen LogP contribution < -0.4 is 5.32 Å². The van der Waals surface area contributed by atoms with Crippen molar-refractivity contribution in [2.75, 3.05) is 13.2 Å². The van der Waals surface area contributed by atoms with Crippen molar-refractivity contribution in [3.63, 3.8) is 0 Å². The Bertz CT molecular complexity index is 960. The molecule has 0 radical (unpaired) electrons. The lowest BCUT2D eigenvalue weighted by atomic mass is 9.98. The Hall–Kier alpha value is -3.35. The summed E-state index contributed by atoms with van der Waals surface area (Å²) < 4.78 is 5.55. The maximum Gasteiger partial charge on any atom is 0.407 e. The van der Waals surface area contributed by atoms with Crippen LogP contribution in [0.2, 0.25) is 0 Å². The van der Waals surface area contributed by atoms with Crippen LogP contribution >= 0.6 is 0 Å². The average molecular weight is 453 g/mol. The molecule has 0 saturated carbocycles. The van der Waals surface area contributed by atoms with Gasteiger partial charge in [-0.2, -0.15) is 0 Å². The fraction of sp³-hybridized carbons (Fsp3) is 0.423. The van der Waals surface area contributed by atoms with Crippen molar-refractivity contribution in [2.45, 2.75) is 58.0 Å². The van der Waals surface area contributed by atoms with Crippen molar-refractivity contribution in [1.82, 2.24) is 10.2 Å². The molecule has 1 aliphatic carbocycles. The Kier molecular flexibility index (Phi) is 8.09. The highest BCUT2D eigenvalue weighted by molar-refractivity contribution is 5.82. The number of carboxylic acids is 1. The van der Waals surface area contributed by atoms with E-state index in [1.54, 1.807) is 6.92 Å². The summed E-state index contributed by atoms with van der Waals surface area (Å²) in [6.45, 7) is 5.46. The summed E-state index contributed by atoms with van der Waals surface area (Å²) in [6, 6.07) is 15.9. The van der Waals surface area contributed by atoms with Crippen molar-refractivity contribution < 1.29 is 24.2 Å². The van der Waals surface area contributed by atoms with Crippen LogP contribution in [0.15, 0.2) is 48.5 Å². The van der Waals surface area contributed by atoms with Crippen LogP contribution in [-0.2, 0) is 14.3 Å². The van der Waals surface area contributed by atoms with Crippen molar-refractivity contribution in [1.29, 1.82) is 0 Å². The number of rotatable bonds is 10. The van der Waals surface area contributed by atoms with Crippen molar-refractivity contribution >= 4 is 18.0 Å². The number of hydrogen-bond donors (Lipinski definition) is 2. The number of ether oxygens (including phenoxy) is 1. The SMILES string of the molecule is CCC(C)N(CC(=O)O)C(=O)CCC(C)NC(=O)OCC1c2ccccc2-c2ccccc21. The standard InChI is InChI=1S/C26H32N2O5/c1-4-18(3)28(15-25(30)31)24(29)14-13-17(2)27-26(32)33-16-23-21-11-7-5-9-19(21)20-10-6-8-12-22(20)23/h5-12,17-18,23H,4,13-16H2,1-3H3,(H,27,32)(H,30,31).